The number of aliphatic hydroxyl groups excluding tert-OH is 1. The fourth-order valence-electron chi connectivity index (χ4n) is 7.43. The second kappa shape index (κ2) is 46.9. The van der Waals surface area contributed by atoms with Crippen LogP contribution in [0, 0.1) is 0 Å². The smallest absolute Gasteiger partial charge is 0.104 e. The summed E-state index contributed by atoms with van der Waals surface area (Å²) in [7, 11) is 0. The van der Waals surface area contributed by atoms with Crippen molar-refractivity contribution in [2.45, 2.75) is 277 Å². The lowest BCUT2D eigenvalue weighted by Crippen LogP contribution is -2.24. The molecule has 3 heteroatoms. The van der Waals surface area contributed by atoms with Gasteiger partial charge in [0.05, 0.1) is 13.2 Å². The van der Waals surface area contributed by atoms with Crippen LogP contribution >= 0.6 is 0 Å². The summed E-state index contributed by atoms with van der Waals surface area (Å²) in [6.07, 6.45) is 56.2. The molecule has 0 rings (SSSR count). The van der Waals surface area contributed by atoms with Gasteiger partial charge < -0.3 is 14.6 Å². The minimum Gasteiger partial charge on any atom is -0.394 e. The third-order valence-corrected chi connectivity index (χ3v) is 11.0. The van der Waals surface area contributed by atoms with Gasteiger partial charge in [-0.05, 0) is 12.8 Å². The van der Waals surface area contributed by atoms with Crippen LogP contribution in [0.15, 0.2) is 0 Å². The fraction of sp³-hybridized carbons (Fsp3) is 1.00. The van der Waals surface area contributed by atoms with Crippen LogP contribution in [0.3, 0.4) is 0 Å². The van der Waals surface area contributed by atoms with Crippen LogP contribution in [0.2, 0.25) is 0 Å². The van der Waals surface area contributed by atoms with Crippen LogP contribution in [-0.4, -0.2) is 37.6 Å². The number of hydrogen-bond acceptors (Lipinski definition) is 3. The van der Waals surface area contributed by atoms with Crippen molar-refractivity contribution in [3.8, 4) is 0 Å². The molecule has 0 aliphatic carbocycles. The Morgan fingerprint density at radius 2 is 0.520 bits per heavy atom. The Labute approximate surface area is 317 Å². The standard InChI is InChI=1S/C47H96O3/c1-3-5-7-9-11-13-15-17-19-21-23-25-27-29-31-33-35-37-39-41-43-49-46-47(45-48)50-44-42-40-38-36-34-32-30-28-26-24-22-20-18-16-14-12-10-8-6-4-2/h47-48H,3-46H2,1-2H3. The zero-order valence-electron chi connectivity index (χ0n) is 35.0. The third-order valence-electron chi connectivity index (χ3n) is 11.0. The van der Waals surface area contributed by atoms with Gasteiger partial charge in [-0.3, -0.25) is 0 Å². The second-order valence-electron chi connectivity index (χ2n) is 16.2. The number of hydrogen-bond donors (Lipinski definition) is 1. The van der Waals surface area contributed by atoms with E-state index in [2.05, 4.69) is 13.8 Å². The van der Waals surface area contributed by atoms with Crippen molar-refractivity contribution in [1.29, 1.82) is 0 Å². The molecule has 0 spiro atoms. The minimum absolute atomic E-state index is 0.0679. The number of ether oxygens (including phenoxy) is 2. The molecular formula is C47H96O3. The van der Waals surface area contributed by atoms with Crippen LogP contribution in [0.4, 0.5) is 0 Å². The van der Waals surface area contributed by atoms with Crippen LogP contribution in [-0.2, 0) is 9.47 Å². The predicted octanol–water partition coefficient (Wildman–Crippen LogP) is 16.0. The zero-order valence-corrected chi connectivity index (χ0v) is 35.0. The van der Waals surface area contributed by atoms with Crippen LogP contribution in [0.25, 0.3) is 0 Å². The van der Waals surface area contributed by atoms with Crippen molar-refractivity contribution < 1.29 is 14.6 Å². The lowest BCUT2D eigenvalue weighted by atomic mass is 10.0. The summed E-state index contributed by atoms with van der Waals surface area (Å²) < 4.78 is 11.7. The van der Waals surface area contributed by atoms with E-state index < -0.39 is 0 Å². The molecule has 0 aromatic carbocycles. The summed E-state index contributed by atoms with van der Waals surface area (Å²) >= 11 is 0. The highest BCUT2D eigenvalue weighted by Crippen LogP contribution is 2.17. The zero-order chi connectivity index (χ0) is 36.1. The maximum Gasteiger partial charge on any atom is 0.104 e. The molecule has 0 fully saturated rings. The van der Waals surface area contributed by atoms with E-state index in [9.17, 15) is 5.11 Å². The van der Waals surface area contributed by atoms with Gasteiger partial charge in [-0.1, -0.05) is 258 Å². The highest BCUT2D eigenvalue weighted by atomic mass is 16.5. The molecular weight excluding hydrogens is 613 g/mol. The van der Waals surface area contributed by atoms with Crippen molar-refractivity contribution in [3.05, 3.63) is 0 Å². The largest absolute Gasteiger partial charge is 0.394 e. The minimum atomic E-state index is -0.152. The first-order valence-electron chi connectivity index (χ1n) is 23.6. The monoisotopic (exact) mass is 709 g/mol. The van der Waals surface area contributed by atoms with Crippen molar-refractivity contribution in [1.82, 2.24) is 0 Å². The van der Waals surface area contributed by atoms with Gasteiger partial charge in [0.15, 0.2) is 0 Å². The molecule has 0 saturated heterocycles. The number of aliphatic hydroxyl groups is 1. The molecule has 1 atom stereocenters. The molecule has 0 aromatic rings. The normalized spacial score (nSPS) is 12.3. The van der Waals surface area contributed by atoms with Crippen molar-refractivity contribution >= 4 is 0 Å². The summed E-state index contributed by atoms with van der Waals surface area (Å²) in [5.41, 5.74) is 0. The van der Waals surface area contributed by atoms with Gasteiger partial charge in [-0.15, -0.1) is 0 Å². The number of unbranched alkanes of at least 4 members (excludes halogenated alkanes) is 38. The average molecular weight is 709 g/mol. The lowest BCUT2D eigenvalue weighted by Gasteiger charge is -2.15. The molecule has 3 nitrogen and oxygen atoms in total. The molecule has 1 N–H and O–H groups in total. The molecule has 0 amide bonds. The summed E-state index contributed by atoms with van der Waals surface area (Å²) in [6.45, 7) is 6.77. The summed E-state index contributed by atoms with van der Waals surface area (Å²) in [6, 6.07) is 0. The Hall–Kier alpha value is -0.120. The van der Waals surface area contributed by atoms with E-state index in [1.54, 1.807) is 0 Å². The molecule has 0 aliphatic rings. The van der Waals surface area contributed by atoms with E-state index in [1.165, 1.54) is 244 Å². The summed E-state index contributed by atoms with van der Waals surface area (Å²) in [5.74, 6) is 0. The van der Waals surface area contributed by atoms with E-state index in [0.29, 0.717) is 6.61 Å². The second-order valence-corrected chi connectivity index (χ2v) is 16.2. The summed E-state index contributed by atoms with van der Waals surface area (Å²) in [5, 5.41) is 9.66. The Kier molecular flexibility index (Phi) is 46.8. The molecule has 0 radical (unpaired) electrons. The molecule has 302 valence electrons. The molecule has 1 unspecified atom stereocenters. The van der Waals surface area contributed by atoms with E-state index in [-0.39, 0.29) is 12.7 Å². The van der Waals surface area contributed by atoms with Gasteiger partial charge in [0.25, 0.3) is 0 Å². The fourth-order valence-corrected chi connectivity index (χ4v) is 7.43. The van der Waals surface area contributed by atoms with Gasteiger partial charge in [-0.25, -0.2) is 0 Å². The van der Waals surface area contributed by atoms with Gasteiger partial charge in [0, 0.05) is 13.2 Å². The Morgan fingerprint density at radius 3 is 0.760 bits per heavy atom. The van der Waals surface area contributed by atoms with Gasteiger partial charge in [0.2, 0.25) is 0 Å². The molecule has 0 bridgehead atoms. The Balaban J connectivity index is 3.23. The SMILES string of the molecule is CCCCCCCCCCCCCCCCCCCCCCOCC(CO)OCCCCCCCCCCCCCCCCCCCCCC. The van der Waals surface area contributed by atoms with E-state index >= 15 is 0 Å². The maximum absolute atomic E-state index is 9.66. The van der Waals surface area contributed by atoms with Crippen LogP contribution in [0.5, 0.6) is 0 Å². The Bertz CT molecular complexity index is 567. The predicted molar refractivity (Wildman–Crippen MR) is 224 cm³/mol. The molecule has 50 heavy (non-hydrogen) atoms. The van der Waals surface area contributed by atoms with Gasteiger partial charge in [0.1, 0.15) is 6.10 Å². The molecule has 0 aromatic heterocycles. The van der Waals surface area contributed by atoms with Gasteiger partial charge in [-0.2, -0.15) is 0 Å². The Morgan fingerprint density at radius 1 is 0.300 bits per heavy atom. The van der Waals surface area contributed by atoms with E-state index in [0.717, 1.165) is 26.1 Å². The average Bonchev–Trinajstić information content (AvgIpc) is 3.13. The maximum atomic E-state index is 9.66. The molecule has 0 heterocycles. The number of rotatable bonds is 46. The lowest BCUT2D eigenvalue weighted by molar-refractivity contribution is -0.0437. The first kappa shape index (κ1) is 49.9. The van der Waals surface area contributed by atoms with Crippen LogP contribution in [0.1, 0.15) is 271 Å². The van der Waals surface area contributed by atoms with Crippen molar-refractivity contribution in [2.75, 3.05) is 26.4 Å². The highest BCUT2D eigenvalue weighted by Gasteiger charge is 2.07. The third kappa shape index (κ3) is 44.0. The molecule has 0 aliphatic heterocycles. The first-order chi connectivity index (χ1) is 24.8. The topological polar surface area (TPSA) is 38.7 Å². The van der Waals surface area contributed by atoms with Crippen molar-refractivity contribution in [2.24, 2.45) is 0 Å². The first-order valence-corrected chi connectivity index (χ1v) is 23.6. The van der Waals surface area contributed by atoms with Gasteiger partial charge >= 0.3 is 0 Å². The van der Waals surface area contributed by atoms with E-state index in [1.807, 2.05) is 0 Å². The molecule has 0 saturated carbocycles. The van der Waals surface area contributed by atoms with E-state index in [4.69, 9.17) is 9.47 Å². The van der Waals surface area contributed by atoms with Crippen LogP contribution < -0.4 is 0 Å². The van der Waals surface area contributed by atoms with Crippen molar-refractivity contribution in [3.63, 3.8) is 0 Å². The summed E-state index contributed by atoms with van der Waals surface area (Å²) in [4.78, 5) is 0. The quantitative estimate of drug-likeness (QED) is 0.0640. The highest BCUT2D eigenvalue weighted by molar-refractivity contribution is 4.56.